The molecule has 0 unspecified atom stereocenters. The second-order valence-corrected chi connectivity index (χ2v) is 4.98. The summed E-state index contributed by atoms with van der Waals surface area (Å²) in [6.07, 6.45) is 2.13. The lowest BCUT2D eigenvalue weighted by Gasteiger charge is -2.32. The van der Waals surface area contributed by atoms with E-state index >= 15 is 0 Å². The van der Waals surface area contributed by atoms with Crippen molar-refractivity contribution in [2.75, 3.05) is 13.1 Å². The number of aromatic nitrogens is 2. The van der Waals surface area contributed by atoms with Crippen LogP contribution >= 0.6 is 0 Å². The highest BCUT2D eigenvalue weighted by atomic mass is 16.5. The minimum atomic E-state index is -0.305. The Morgan fingerprint density at radius 1 is 1.42 bits per heavy atom. The van der Waals surface area contributed by atoms with Crippen LogP contribution in [-0.2, 0) is 4.74 Å². The lowest BCUT2D eigenvalue weighted by Crippen LogP contribution is -2.42. The van der Waals surface area contributed by atoms with E-state index in [1.165, 1.54) is 12.1 Å². The molecule has 1 aliphatic heterocycles. The van der Waals surface area contributed by atoms with Crippen LogP contribution in [0.5, 0.6) is 0 Å². The number of piperidine rings is 1. The lowest BCUT2D eigenvalue weighted by atomic mass is 10.1. The molecule has 1 amide bonds. The number of aromatic amines is 1. The quantitative estimate of drug-likeness (QED) is 0.877. The Hall–Kier alpha value is -1.69. The van der Waals surface area contributed by atoms with E-state index in [4.69, 9.17) is 4.74 Å². The van der Waals surface area contributed by atoms with E-state index in [-0.39, 0.29) is 29.4 Å². The van der Waals surface area contributed by atoms with Crippen LogP contribution in [0.4, 0.5) is 0 Å². The maximum Gasteiger partial charge on any atom is 0.274 e. The number of H-pyrrole nitrogens is 1. The Balaban J connectivity index is 1.92. The molecule has 1 N–H and O–H groups in total. The lowest BCUT2D eigenvalue weighted by molar-refractivity contribution is -0.0237. The second-order valence-electron chi connectivity index (χ2n) is 4.98. The molecule has 1 aromatic rings. The molecule has 19 heavy (non-hydrogen) atoms. The van der Waals surface area contributed by atoms with Gasteiger partial charge < -0.3 is 9.64 Å². The number of likely N-dealkylation sites (tertiary alicyclic amines) is 1. The Kier molecular flexibility index (Phi) is 4.31. The van der Waals surface area contributed by atoms with E-state index in [0.29, 0.717) is 13.1 Å². The van der Waals surface area contributed by atoms with E-state index in [1.54, 1.807) is 4.90 Å². The number of carbonyl (C=O) groups excluding carboxylic acids is 1. The minimum absolute atomic E-state index is 0.140. The number of hydrogen-bond acceptors (Lipinski definition) is 4. The summed E-state index contributed by atoms with van der Waals surface area (Å²) in [6.45, 7) is 5.36. The molecule has 0 aliphatic carbocycles. The van der Waals surface area contributed by atoms with Crippen LogP contribution in [0.2, 0.25) is 0 Å². The van der Waals surface area contributed by atoms with Gasteiger partial charge in [0.05, 0.1) is 12.2 Å². The van der Waals surface area contributed by atoms with Gasteiger partial charge in [0.2, 0.25) is 0 Å². The van der Waals surface area contributed by atoms with Crippen molar-refractivity contribution in [1.82, 2.24) is 15.1 Å². The zero-order chi connectivity index (χ0) is 13.8. The van der Waals surface area contributed by atoms with Crippen LogP contribution in [0.3, 0.4) is 0 Å². The Bertz CT molecular complexity index is 470. The smallest absolute Gasteiger partial charge is 0.274 e. The van der Waals surface area contributed by atoms with Gasteiger partial charge in [0, 0.05) is 19.2 Å². The van der Waals surface area contributed by atoms with Gasteiger partial charge in [-0.15, -0.1) is 0 Å². The number of nitrogens with zero attached hydrogens (tertiary/aromatic N) is 2. The number of rotatable bonds is 3. The topological polar surface area (TPSA) is 75.3 Å². The molecule has 0 aromatic carbocycles. The van der Waals surface area contributed by atoms with Gasteiger partial charge in [-0.2, -0.15) is 5.10 Å². The summed E-state index contributed by atoms with van der Waals surface area (Å²) >= 11 is 0. The molecular weight excluding hydrogens is 246 g/mol. The van der Waals surface area contributed by atoms with Gasteiger partial charge in [0.15, 0.2) is 0 Å². The summed E-state index contributed by atoms with van der Waals surface area (Å²) in [5.41, 5.74) is -0.0246. The van der Waals surface area contributed by atoms with Gasteiger partial charge in [-0.25, -0.2) is 5.10 Å². The van der Waals surface area contributed by atoms with Gasteiger partial charge in [-0.3, -0.25) is 9.59 Å². The average Bonchev–Trinajstić information content (AvgIpc) is 2.39. The number of ether oxygens (including phenoxy) is 1. The third-order valence-electron chi connectivity index (χ3n) is 3.09. The SMILES string of the molecule is CC(C)OC1CCN(C(=O)c2ccc(=O)[nH]n2)CC1. The van der Waals surface area contributed by atoms with Crippen molar-refractivity contribution in [3.63, 3.8) is 0 Å². The largest absolute Gasteiger partial charge is 0.375 e. The molecule has 2 heterocycles. The maximum atomic E-state index is 12.1. The summed E-state index contributed by atoms with van der Waals surface area (Å²) in [7, 11) is 0. The highest BCUT2D eigenvalue weighted by Crippen LogP contribution is 2.16. The number of hydrogen-bond donors (Lipinski definition) is 1. The van der Waals surface area contributed by atoms with Crippen LogP contribution < -0.4 is 5.56 Å². The average molecular weight is 265 g/mol. The van der Waals surface area contributed by atoms with Gasteiger partial charge in [-0.05, 0) is 32.8 Å². The van der Waals surface area contributed by atoms with Gasteiger partial charge in [0.25, 0.3) is 11.5 Å². The predicted molar refractivity (Wildman–Crippen MR) is 70.0 cm³/mol. The third kappa shape index (κ3) is 3.64. The molecule has 1 aliphatic rings. The van der Waals surface area contributed by atoms with Crippen molar-refractivity contribution in [3.05, 3.63) is 28.2 Å². The zero-order valence-electron chi connectivity index (χ0n) is 11.3. The first-order valence-corrected chi connectivity index (χ1v) is 6.56. The molecule has 0 spiro atoms. The molecule has 2 rings (SSSR count). The molecule has 1 saturated heterocycles. The summed E-state index contributed by atoms with van der Waals surface area (Å²) in [4.78, 5) is 24.8. The van der Waals surface area contributed by atoms with E-state index in [2.05, 4.69) is 10.2 Å². The Morgan fingerprint density at radius 2 is 2.11 bits per heavy atom. The molecule has 0 atom stereocenters. The molecule has 104 valence electrons. The molecule has 6 nitrogen and oxygen atoms in total. The molecule has 1 fully saturated rings. The Morgan fingerprint density at radius 3 is 2.63 bits per heavy atom. The fraction of sp³-hybridized carbons (Fsp3) is 0.615. The van der Waals surface area contributed by atoms with Crippen molar-refractivity contribution in [2.24, 2.45) is 0 Å². The molecular formula is C13H19N3O3. The van der Waals surface area contributed by atoms with Crippen molar-refractivity contribution >= 4 is 5.91 Å². The highest BCUT2D eigenvalue weighted by molar-refractivity contribution is 5.92. The molecule has 6 heteroatoms. The monoisotopic (exact) mass is 265 g/mol. The fourth-order valence-corrected chi connectivity index (χ4v) is 2.21. The van der Waals surface area contributed by atoms with Crippen molar-refractivity contribution in [1.29, 1.82) is 0 Å². The van der Waals surface area contributed by atoms with Crippen molar-refractivity contribution < 1.29 is 9.53 Å². The van der Waals surface area contributed by atoms with E-state index in [9.17, 15) is 9.59 Å². The first-order chi connectivity index (χ1) is 9.06. The fourth-order valence-electron chi connectivity index (χ4n) is 2.21. The van der Waals surface area contributed by atoms with E-state index in [1.807, 2.05) is 13.8 Å². The third-order valence-corrected chi connectivity index (χ3v) is 3.09. The first kappa shape index (κ1) is 13.7. The Labute approximate surface area is 111 Å². The van der Waals surface area contributed by atoms with Crippen LogP contribution in [0.1, 0.15) is 37.2 Å². The summed E-state index contributed by atoms with van der Waals surface area (Å²) in [5.74, 6) is -0.140. The maximum absolute atomic E-state index is 12.1. The number of carbonyl (C=O) groups is 1. The van der Waals surface area contributed by atoms with Gasteiger partial charge in [-0.1, -0.05) is 0 Å². The highest BCUT2D eigenvalue weighted by Gasteiger charge is 2.25. The standard InChI is InChI=1S/C13H19N3O3/c1-9(2)19-10-5-7-16(8-6-10)13(18)11-3-4-12(17)15-14-11/h3-4,9-10H,5-8H2,1-2H3,(H,15,17). The van der Waals surface area contributed by atoms with E-state index < -0.39 is 0 Å². The normalized spacial score (nSPS) is 16.9. The second kappa shape index (κ2) is 5.97. The first-order valence-electron chi connectivity index (χ1n) is 6.56. The van der Waals surface area contributed by atoms with Crippen LogP contribution in [0.25, 0.3) is 0 Å². The summed E-state index contributed by atoms with van der Waals surface area (Å²) in [6, 6.07) is 2.77. The zero-order valence-corrected chi connectivity index (χ0v) is 11.3. The number of amides is 1. The summed E-state index contributed by atoms with van der Waals surface area (Å²) in [5, 5.41) is 6.04. The van der Waals surface area contributed by atoms with Gasteiger partial charge >= 0.3 is 0 Å². The summed E-state index contributed by atoms with van der Waals surface area (Å²) < 4.78 is 5.74. The molecule has 0 saturated carbocycles. The van der Waals surface area contributed by atoms with E-state index in [0.717, 1.165) is 12.8 Å². The van der Waals surface area contributed by atoms with Crippen molar-refractivity contribution in [3.8, 4) is 0 Å². The van der Waals surface area contributed by atoms with Gasteiger partial charge in [0.1, 0.15) is 5.69 Å². The number of nitrogens with one attached hydrogen (secondary N) is 1. The molecule has 1 aromatic heterocycles. The molecule has 0 bridgehead atoms. The van der Waals surface area contributed by atoms with Crippen LogP contribution in [0.15, 0.2) is 16.9 Å². The molecule has 0 radical (unpaired) electrons. The van der Waals surface area contributed by atoms with Crippen molar-refractivity contribution in [2.45, 2.75) is 38.9 Å². The van der Waals surface area contributed by atoms with Crippen LogP contribution in [-0.4, -0.2) is 46.3 Å². The van der Waals surface area contributed by atoms with Crippen LogP contribution in [0, 0.1) is 0 Å². The predicted octanol–water partition coefficient (Wildman–Crippen LogP) is 0.800. The minimum Gasteiger partial charge on any atom is -0.375 e.